The zero-order valence-electron chi connectivity index (χ0n) is 17.8. The molecule has 6 nitrogen and oxygen atoms in total. The van der Waals surface area contributed by atoms with Gasteiger partial charge in [0.05, 0.1) is 22.9 Å². The third-order valence-corrected chi connectivity index (χ3v) is 6.76. The summed E-state index contributed by atoms with van der Waals surface area (Å²) in [7, 11) is -3.86. The Kier molecular flexibility index (Phi) is 5.62. The van der Waals surface area contributed by atoms with E-state index in [0.717, 1.165) is 10.6 Å². The van der Waals surface area contributed by atoms with Crippen molar-refractivity contribution in [1.29, 1.82) is 0 Å². The summed E-state index contributed by atoms with van der Waals surface area (Å²) in [6.45, 7) is 4.98. The second-order valence-corrected chi connectivity index (χ2v) is 11.3. The zero-order chi connectivity index (χ0) is 23.5. The molecule has 1 amide bonds. The van der Waals surface area contributed by atoms with E-state index in [1.54, 1.807) is 20.8 Å². The van der Waals surface area contributed by atoms with Crippen molar-refractivity contribution < 1.29 is 35.5 Å². The first-order chi connectivity index (χ1) is 14.0. The molecule has 174 valence electrons. The molecule has 2 fully saturated rings. The van der Waals surface area contributed by atoms with Crippen molar-refractivity contribution in [2.75, 3.05) is 12.8 Å². The van der Waals surface area contributed by atoms with Gasteiger partial charge in [-0.3, -0.25) is 0 Å². The van der Waals surface area contributed by atoms with E-state index in [4.69, 9.17) is 4.74 Å². The Labute approximate surface area is 179 Å². The Morgan fingerprint density at radius 2 is 1.74 bits per heavy atom. The molecule has 0 aliphatic heterocycles. The number of sulfonamides is 1. The third kappa shape index (κ3) is 5.31. The van der Waals surface area contributed by atoms with Crippen LogP contribution in [0, 0.1) is 5.82 Å². The van der Waals surface area contributed by atoms with Crippen molar-refractivity contribution in [3.63, 3.8) is 0 Å². The van der Waals surface area contributed by atoms with Gasteiger partial charge in [-0.05, 0) is 64.2 Å². The summed E-state index contributed by atoms with van der Waals surface area (Å²) in [4.78, 5) is 12.2. The third-order valence-electron chi connectivity index (χ3n) is 5.48. The summed E-state index contributed by atoms with van der Waals surface area (Å²) in [6.07, 6.45) is -3.01. The molecule has 0 radical (unpaired) electrons. The maximum atomic E-state index is 13.8. The molecule has 0 bridgehead atoms. The van der Waals surface area contributed by atoms with E-state index in [1.165, 1.54) is 6.07 Å². The van der Waals surface area contributed by atoms with Gasteiger partial charge in [0, 0.05) is 6.54 Å². The van der Waals surface area contributed by atoms with Gasteiger partial charge in [0.2, 0.25) is 10.0 Å². The number of amides is 1. The molecule has 0 aromatic heterocycles. The topological polar surface area (TPSA) is 75.7 Å². The summed E-state index contributed by atoms with van der Waals surface area (Å²) in [6, 6.07) is 2.59. The number of hydrogen-bond donors (Lipinski definition) is 1. The number of ether oxygens (including phenoxy) is 1. The molecular formula is C20H26F4N2O4S. The van der Waals surface area contributed by atoms with Crippen LogP contribution in [0.1, 0.15) is 57.6 Å². The van der Waals surface area contributed by atoms with Crippen LogP contribution in [0.5, 0.6) is 0 Å². The molecule has 31 heavy (non-hydrogen) atoms. The van der Waals surface area contributed by atoms with E-state index in [0.29, 0.717) is 37.8 Å². The Balaban J connectivity index is 1.90. The molecule has 0 heterocycles. The van der Waals surface area contributed by atoms with Crippen LogP contribution in [0.25, 0.3) is 0 Å². The van der Waals surface area contributed by atoms with Crippen molar-refractivity contribution in [1.82, 2.24) is 9.62 Å². The van der Waals surface area contributed by atoms with E-state index in [9.17, 15) is 30.8 Å². The first-order valence-corrected chi connectivity index (χ1v) is 11.7. The normalized spacial score (nSPS) is 19.8. The van der Waals surface area contributed by atoms with E-state index in [1.807, 2.05) is 0 Å². The number of benzene rings is 1. The highest BCUT2D eigenvalue weighted by Gasteiger charge is 2.58. The van der Waals surface area contributed by atoms with Crippen LogP contribution < -0.4 is 5.32 Å². The van der Waals surface area contributed by atoms with Crippen LogP contribution in [-0.2, 0) is 26.5 Å². The Hall–Kier alpha value is -1.88. The summed E-state index contributed by atoms with van der Waals surface area (Å²) >= 11 is 0. The second kappa shape index (κ2) is 7.33. The Morgan fingerprint density at radius 1 is 1.16 bits per heavy atom. The zero-order valence-corrected chi connectivity index (χ0v) is 18.6. The number of nitrogens with one attached hydrogen (secondary N) is 1. The molecule has 2 aliphatic carbocycles. The number of alkyl halides is 3. The SMILES string of the molecule is CC(C)(C)OC(=O)NC1(CN(C2(c3ccc(F)c(C(F)(F)F)c3)CC2)S(C)(=O)=O)CC1. The average Bonchev–Trinajstić information content (AvgIpc) is 3.46. The fraction of sp³-hybridized carbons (Fsp3) is 0.650. The Bertz CT molecular complexity index is 978. The van der Waals surface area contributed by atoms with Crippen LogP contribution in [-0.4, -0.2) is 42.8 Å². The number of alkyl carbamates (subject to hydrolysis) is 1. The smallest absolute Gasteiger partial charge is 0.419 e. The van der Waals surface area contributed by atoms with E-state index in [2.05, 4.69) is 5.32 Å². The second-order valence-electron chi connectivity index (χ2n) is 9.40. The highest BCUT2D eigenvalue weighted by molar-refractivity contribution is 7.88. The van der Waals surface area contributed by atoms with Crippen LogP contribution >= 0.6 is 0 Å². The Morgan fingerprint density at radius 3 is 2.16 bits per heavy atom. The minimum atomic E-state index is -4.90. The van der Waals surface area contributed by atoms with Crippen LogP contribution in [0.15, 0.2) is 18.2 Å². The van der Waals surface area contributed by atoms with Crippen LogP contribution in [0.4, 0.5) is 22.4 Å². The van der Waals surface area contributed by atoms with Crippen molar-refractivity contribution >= 4 is 16.1 Å². The van der Waals surface area contributed by atoms with Crippen molar-refractivity contribution in [3.8, 4) is 0 Å². The molecule has 11 heteroatoms. The number of carbonyl (C=O) groups is 1. The fourth-order valence-electron chi connectivity index (χ4n) is 3.69. The quantitative estimate of drug-likeness (QED) is 0.639. The molecular weight excluding hydrogens is 440 g/mol. The maximum absolute atomic E-state index is 13.8. The molecule has 0 spiro atoms. The number of rotatable bonds is 6. The van der Waals surface area contributed by atoms with Gasteiger partial charge >= 0.3 is 12.3 Å². The lowest BCUT2D eigenvalue weighted by Gasteiger charge is -2.34. The predicted molar refractivity (Wildman–Crippen MR) is 105 cm³/mol. The lowest BCUT2D eigenvalue weighted by molar-refractivity contribution is -0.140. The van der Waals surface area contributed by atoms with Gasteiger partial charge in [-0.25, -0.2) is 17.6 Å². The monoisotopic (exact) mass is 466 g/mol. The van der Waals surface area contributed by atoms with Gasteiger partial charge in [-0.15, -0.1) is 0 Å². The highest BCUT2D eigenvalue weighted by Crippen LogP contribution is 2.54. The first-order valence-electron chi connectivity index (χ1n) is 9.84. The van der Waals surface area contributed by atoms with Gasteiger partial charge in [0.1, 0.15) is 11.4 Å². The highest BCUT2D eigenvalue weighted by atomic mass is 32.2. The van der Waals surface area contributed by atoms with Gasteiger partial charge in [-0.1, -0.05) is 6.07 Å². The molecule has 2 saturated carbocycles. The lowest BCUT2D eigenvalue weighted by atomic mass is 10.0. The molecule has 1 aromatic carbocycles. The summed E-state index contributed by atoms with van der Waals surface area (Å²) < 4.78 is 85.0. The summed E-state index contributed by atoms with van der Waals surface area (Å²) in [5.41, 5.74) is -4.14. The van der Waals surface area contributed by atoms with Gasteiger partial charge in [-0.2, -0.15) is 17.5 Å². The van der Waals surface area contributed by atoms with E-state index in [-0.39, 0.29) is 12.1 Å². The first kappa shape index (κ1) is 23.8. The van der Waals surface area contributed by atoms with Crippen LogP contribution in [0.2, 0.25) is 0 Å². The molecule has 0 atom stereocenters. The number of carbonyl (C=O) groups excluding carboxylic acids is 1. The number of halogens is 4. The van der Waals surface area contributed by atoms with E-state index < -0.39 is 50.4 Å². The van der Waals surface area contributed by atoms with Crippen LogP contribution in [0.3, 0.4) is 0 Å². The fourth-order valence-corrected chi connectivity index (χ4v) is 5.09. The molecule has 1 N–H and O–H groups in total. The minimum absolute atomic E-state index is 0.0831. The maximum Gasteiger partial charge on any atom is 0.419 e. The number of hydrogen-bond acceptors (Lipinski definition) is 4. The molecule has 3 rings (SSSR count). The predicted octanol–water partition coefficient (Wildman–Crippen LogP) is 4.15. The lowest BCUT2D eigenvalue weighted by Crippen LogP contribution is -2.51. The number of nitrogens with zero attached hydrogens (tertiary/aromatic N) is 1. The molecule has 0 saturated heterocycles. The van der Waals surface area contributed by atoms with Gasteiger partial charge in [0.25, 0.3) is 0 Å². The average molecular weight is 466 g/mol. The standard InChI is InChI=1S/C20H26F4N2O4S/c1-17(2,3)30-16(27)25-18(7-8-18)12-26(31(4,28)29)19(9-10-19)13-5-6-15(21)14(11-13)20(22,23)24/h5-6,11H,7-10,12H2,1-4H3,(H,25,27). The molecule has 1 aromatic rings. The molecule has 2 aliphatic rings. The van der Waals surface area contributed by atoms with E-state index >= 15 is 0 Å². The largest absolute Gasteiger partial charge is 0.444 e. The van der Waals surface area contributed by atoms with Crippen molar-refractivity contribution in [2.24, 2.45) is 0 Å². The summed E-state index contributed by atoms with van der Waals surface area (Å²) in [5.74, 6) is -1.41. The van der Waals surface area contributed by atoms with Crippen molar-refractivity contribution in [3.05, 3.63) is 35.1 Å². The van der Waals surface area contributed by atoms with Gasteiger partial charge < -0.3 is 10.1 Å². The van der Waals surface area contributed by atoms with Crippen molar-refractivity contribution in [2.45, 2.75) is 69.3 Å². The summed E-state index contributed by atoms with van der Waals surface area (Å²) in [5, 5.41) is 2.72. The van der Waals surface area contributed by atoms with Gasteiger partial charge in [0.15, 0.2) is 0 Å². The minimum Gasteiger partial charge on any atom is -0.444 e. The molecule has 0 unspecified atom stereocenters.